The molecule has 20 heavy (non-hydrogen) atoms. The summed E-state index contributed by atoms with van der Waals surface area (Å²) in [5.74, 6) is 1.52. The summed E-state index contributed by atoms with van der Waals surface area (Å²) in [6.45, 7) is 3.85. The maximum Gasteiger partial charge on any atom is 0.142 e. The Hall–Kier alpha value is -1.67. The van der Waals surface area contributed by atoms with Crippen LogP contribution in [0.25, 0.3) is 0 Å². The average Bonchev–Trinajstić information content (AvgIpc) is 2.69. The van der Waals surface area contributed by atoms with E-state index in [1.54, 1.807) is 0 Å². The maximum absolute atomic E-state index is 5.94. The fraction of sp³-hybridized carbons (Fsp3) is 0.294. The Morgan fingerprint density at radius 2 is 2.05 bits per heavy atom. The van der Waals surface area contributed by atoms with Gasteiger partial charge in [0.25, 0.3) is 0 Å². The molecule has 2 aromatic carbocycles. The Morgan fingerprint density at radius 3 is 2.85 bits per heavy atom. The summed E-state index contributed by atoms with van der Waals surface area (Å²) >= 11 is 5.94. The van der Waals surface area contributed by atoms with Crippen LogP contribution >= 0.6 is 11.6 Å². The highest BCUT2D eigenvalue weighted by Gasteiger charge is 2.17. The smallest absolute Gasteiger partial charge is 0.142 e. The number of hydrogen-bond acceptors (Lipinski definition) is 2. The Bertz CT molecular complexity index is 612. The molecule has 2 aromatic rings. The van der Waals surface area contributed by atoms with Crippen molar-refractivity contribution in [2.24, 2.45) is 0 Å². The summed E-state index contributed by atoms with van der Waals surface area (Å²) in [7, 11) is 0. The van der Waals surface area contributed by atoms with Crippen molar-refractivity contribution < 1.29 is 4.74 Å². The van der Waals surface area contributed by atoms with Gasteiger partial charge in [0, 0.05) is 18.1 Å². The molecule has 3 rings (SSSR count). The summed E-state index contributed by atoms with van der Waals surface area (Å²) in [6.07, 6.45) is 1.02. The van der Waals surface area contributed by atoms with E-state index in [-0.39, 0.29) is 0 Å². The lowest BCUT2D eigenvalue weighted by atomic mass is 10.1. The normalized spacial score (nSPS) is 14.4. The number of alkyl halides is 1. The van der Waals surface area contributed by atoms with Gasteiger partial charge in [0.15, 0.2) is 0 Å². The number of ether oxygens (including phenoxy) is 1. The minimum absolute atomic E-state index is 0.561. The molecule has 0 fully saturated rings. The van der Waals surface area contributed by atoms with Gasteiger partial charge in [0.1, 0.15) is 5.75 Å². The number of para-hydroxylation sites is 2. The number of hydrogen-bond donors (Lipinski definition) is 0. The lowest BCUT2D eigenvalue weighted by Gasteiger charge is -2.24. The fourth-order valence-corrected chi connectivity index (χ4v) is 2.89. The topological polar surface area (TPSA) is 12.5 Å². The quantitative estimate of drug-likeness (QED) is 0.745. The summed E-state index contributed by atoms with van der Waals surface area (Å²) < 4.78 is 5.81. The molecule has 0 saturated carbocycles. The van der Waals surface area contributed by atoms with Crippen molar-refractivity contribution in [1.29, 1.82) is 0 Å². The van der Waals surface area contributed by atoms with Crippen LogP contribution in [0.3, 0.4) is 0 Å². The van der Waals surface area contributed by atoms with Crippen LogP contribution in [0.1, 0.15) is 17.5 Å². The lowest BCUT2D eigenvalue weighted by molar-refractivity contribution is 0.322. The summed E-state index contributed by atoms with van der Waals surface area (Å²) in [6, 6.07) is 14.7. The molecule has 0 aromatic heterocycles. The van der Waals surface area contributed by atoms with Crippen molar-refractivity contribution in [1.82, 2.24) is 0 Å². The molecule has 0 unspecified atom stereocenters. The third-order valence-corrected chi connectivity index (χ3v) is 4.01. The molecule has 0 saturated heterocycles. The first kappa shape index (κ1) is 13.3. The number of fused-ring (bicyclic) bond motifs is 1. The van der Waals surface area contributed by atoms with E-state index >= 15 is 0 Å². The van der Waals surface area contributed by atoms with Crippen molar-refractivity contribution in [2.75, 3.05) is 18.1 Å². The predicted octanol–water partition coefficient (Wildman–Crippen LogP) is 4.65. The minimum Gasteiger partial charge on any atom is -0.491 e. The SMILES string of the molecule is Cc1cc(N2CCCOc3ccccc32)ccc1CCl. The molecule has 1 heterocycles. The van der Waals surface area contributed by atoms with E-state index in [4.69, 9.17) is 16.3 Å². The number of benzene rings is 2. The van der Waals surface area contributed by atoms with E-state index < -0.39 is 0 Å². The molecule has 1 aliphatic rings. The Labute approximate surface area is 124 Å². The molecule has 0 spiro atoms. The largest absolute Gasteiger partial charge is 0.491 e. The van der Waals surface area contributed by atoms with Gasteiger partial charge in [-0.05, 0) is 48.7 Å². The van der Waals surface area contributed by atoms with E-state index in [1.807, 2.05) is 12.1 Å². The van der Waals surface area contributed by atoms with E-state index in [9.17, 15) is 0 Å². The van der Waals surface area contributed by atoms with Crippen LogP contribution < -0.4 is 9.64 Å². The standard InChI is InChI=1S/C17H18ClNO/c1-13-11-15(8-7-14(13)12-18)19-9-4-10-20-17-6-3-2-5-16(17)19/h2-3,5-8,11H,4,9-10,12H2,1H3. The fourth-order valence-electron chi connectivity index (χ4n) is 2.59. The monoisotopic (exact) mass is 287 g/mol. The molecule has 0 bridgehead atoms. The van der Waals surface area contributed by atoms with Gasteiger partial charge in [-0.2, -0.15) is 0 Å². The van der Waals surface area contributed by atoms with Crippen molar-refractivity contribution in [2.45, 2.75) is 19.2 Å². The molecule has 0 N–H and O–H groups in total. The van der Waals surface area contributed by atoms with Crippen molar-refractivity contribution in [3.8, 4) is 5.75 Å². The Morgan fingerprint density at radius 1 is 1.20 bits per heavy atom. The molecule has 0 amide bonds. The number of halogens is 1. The zero-order valence-electron chi connectivity index (χ0n) is 11.6. The number of rotatable bonds is 2. The van der Waals surface area contributed by atoms with Gasteiger partial charge in [-0.15, -0.1) is 11.6 Å². The van der Waals surface area contributed by atoms with Crippen molar-refractivity contribution >= 4 is 23.0 Å². The van der Waals surface area contributed by atoms with E-state index in [0.717, 1.165) is 31.0 Å². The second kappa shape index (κ2) is 5.76. The molecule has 0 aliphatic carbocycles. The van der Waals surface area contributed by atoms with Gasteiger partial charge >= 0.3 is 0 Å². The van der Waals surface area contributed by atoms with Crippen LogP contribution in [0, 0.1) is 6.92 Å². The zero-order chi connectivity index (χ0) is 13.9. The van der Waals surface area contributed by atoms with E-state index in [0.29, 0.717) is 5.88 Å². The number of aryl methyl sites for hydroxylation is 1. The van der Waals surface area contributed by atoms with Gasteiger partial charge in [-0.1, -0.05) is 18.2 Å². The molecule has 2 nitrogen and oxygen atoms in total. The average molecular weight is 288 g/mol. The zero-order valence-corrected chi connectivity index (χ0v) is 12.4. The molecular weight excluding hydrogens is 270 g/mol. The number of nitrogens with zero attached hydrogens (tertiary/aromatic N) is 1. The minimum atomic E-state index is 0.561. The molecule has 3 heteroatoms. The second-order valence-electron chi connectivity index (χ2n) is 5.07. The van der Waals surface area contributed by atoms with Gasteiger partial charge < -0.3 is 9.64 Å². The lowest BCUT2D eigenvalue weighted by Crippen LogP contribution is -2.17. The van der Waals surface area contributed by atoms with Gasteiger partial charge in [-0.25, -0.2) is 0 Å². The predicted molar refractivity (Wildman–Crippen MR) is 84.3 cm³/mol. The summed E-state index contributed by atoms with van der Waals surface area (Å²) in [5, 5.41) is 0. The highest BCUT2D eigenvalue weighted by Crippen LogP contribution is 2.36. The first-order valence-corrected chi connectivity index (χ1v) is 7.48. The second-order valence-corrected chi connectivity index (χ2v) is 5.33. The van der Waals surface area contributed by atoms with Crippen LogP contribution in [0.4, 0.5) is 11.4 Å². The summed E-state index contributed by atoms with van der Waals surface area (Å²) in [4.78, 5) is 2.33. The van der Waals surface area contributed by atoms with Crippen LogP contribution in [0.2, 0.25) is 0 Å². The first-order valence-electron chi connectivity index (χ1n) is 6.94. The van der Waals surface area contributed by atoms with Gasteiger partial charge in [0.05, 0.1) is 12.3 Å². The van der Waals surface area contributed by atoms with Gasteiger partial charge in [-0.3, -0.25) is 0 Å². The van der Waals surface area contributed by atoms with E-state index in [2.05, 4.69) is 42.2 Å². The van der Waals surface area contributed by atoms with Gasteiger partial charge in [0.2, 0.25) is 0 Å². The Kier molecular flexibility index (Phi) is 3.83. The molecule has 0 radical (unpaired) electrons. The van der Waals surface area contributed by atoms with Crippen LogP contribution in [-0.4, -0.2) is 13.2 Å². The maximum atomic E-state index is 5.94. The van der Waals surface area contributed by atoms with Crippen LogP contribution in [0.5, 0.6) is 5.75 Å². The highest BCUT2D eigenvalue weighted by atomic mass is 35.5. The third kappa shape index (κ3) is 2.48. The van der Waals surface area contributed by atoms with E-state index in [1.165, 1.54) is 16.8 Å². The van der Waals surface area contributed by atoms with Crippen molar-refractivity contribution in [3.05, 3.63) is 53.6 Å². The highest BCUT2D eigenvalue weighted by molar-refractivity contribution is 6.17. The van der Waals surface area contributed by atoms with Crippen LogP contribution in [-0.2, 0) is 5.88 Å². The molecule has 0 atom stereocenters. The molecule has 104 valence electrons. The van der Waals surface area contributed by atoms with Crippen LogP contribution in [0.15, 0.2) is 42.5 Å². The Balaban J connectivity index is 2.03. The summed E-state index contributed by atoms with van der Waals surface area (Å²) in [5.41, 5.74) is 4.77. The molecule has 1 aliphatic heterocycles. The van der Waals surface area contributed by atoms with Crippen molar-refractivity contribution in [3.63, 3.8) is 0 Å². The third-order valence-electron chi connectivity index (χ3n) is 3.72. The first-order chi connectivity index (χ1) is 9.79. The number of anilines is 2. The molecular formula is C17H18ClNO.